The Kier molecular flexibility index (Phi) is 4.72. The van der Waals surface area contributed by atoms with E-state index in [1.54, 1.807) is 12.1 Å². The van der Waals surface area contributed by atoms with Crippen LogP contribution in [0.2, 0.25) is 0 Å². The number of ketones is 1. The first-order chi connectivity index (χ1) is 14.7. The van der Waals surface area contributed by atoms with E-state index in [2.05, 4.69) is 20.8 Å². The summed E-state index contributed by atoms with van der Waals surface area (Å²) >= 11 is 0. The van der Waals surface area contributed by atoms with E-state index in [-0.39, 0.29) is 52.2 Å². The standard InChI is InChI=1S/C27H36O4/c1-24-12-13-27(16-24)19(15-21(24)29)14-20(31-23(30)18-8-5-4-6-9-18)22-25(2,17-28)10-7-11-26(22,27)3/h4-6,8-9,19-20,22,28H,7,10-17H2,1-3H3/t19-,20-,22-,24+,25-,26-,27+/m0/s1. The summed E-state index contributed by atoms with van der Waals surface area (Å²) in [6.07, 6.45) is 7.28. The van der Waals surface area contributed by atoms with Gasteiger partial charge in [0.15, 0.2) is 0 Å². The summed E-state index contributed by atoms with van der Waals surface area (Å²) in [4.78, 5) is 26.1. The Morgan fingerprint density at radius 3 is 2.55 bits per heavy atom. The van der Waals surface area contributed by atoms with E-state index in [1.807, 2.05) is 18.2 Å². The van der Waals surface area contributed by atoms with Crippen molar-refractivity contribution in [3.63, 3.8) is 0 Å². The van der Waals surface area contributed by atoms with Crippen LogP contribution in [0, 0.1) is 33.5 Å². The van der Waals surface area contributed by atoms with Crippen LogP contribution < -0.4 is 0 Å². The monoisotopic (exact) mass is 424 g/mol. The maximum atomic E-state index is 13.1. The van der Waals surface area contributed by atoms with E-state index in [4.69, 9.17) is 4.74 Å². The second-order valence-electron chi connectivity index (χ2n) is 11.8. The normalized spacial score (nSPS) is 46.2. The first-order valence-electron chi connectivity index (χ1n) is 12.1. The van der Waals surface area contributed by atoms with Crippen LogP contribution >= 0.6 is 0 Å². The van der Waals surface area contributed by atoms with Crippen molar-refractivity contribution in [1.82, 2.24) is 0 Å². The van der Waals surface area contributed by atoms with Crippen LogP contribution in [0.15, 0.2) is 30.3 Å². The Morgan fingerprint density at radius 2 is 1.84 bits per heavy atom. The van der Waals surface area contributed by atoms with Crippen LogP contribution in [0.4, 0.5) is 0 Å². The predicted molar refractivity (Wildman–Crippen MR) is 118 cm³/mol. The van der Waals surface area contributed by atoms with Crippen molar-refractivity contribution in [2.45, 2.75) is 78.2 Å². The lowest BCUT2D eigenvalue weighted by molar-refractivity contribution is -0.224. The van der Waals surface area contributed by atoms with Crippen molar-refractivity contribution in [1.29, 1.82) is 0 Å². The third kappa shape index (κ3) is 2.83. The molecule has 4 aliphatic rings. The zero-order valence-electron chi connectivity index (χ0n) is 19.2. The molecule has 0 radical (unpaired) electrons. The third-order valence-electron chi connectivity index (χ3n) is 10.3. The summed E-state index contributed by atoms with van der Waals surface area (Å²) in [5, 5.41) is 10.5. The molecule has 0 unspecified atom stereocenters. The van der Waals surface area contributed by atoms with Crippen molar-refractivity contribution >= 4 is 11.8 Å². The number of benzene rings is 1. The molecule has 0 aromatic heterocycles. The molecule has 4 heteroatoms. The van der Waals surface area contributed by atoms with Crippen LogP contribution in [0.5, 0.6) is 0 Å². The Bertz CT molecular complexity index is 896. The molecular weight excluding hydrogens is 388 g/mol. The van der Waals surface area contributed by atoms with Gasteiger partial charge in [-0.3, -0.25) is 4.79 Å². The van der Waals surface area contributed by atoms with Gasteiger partial charge in [-0.15, -0.1) is 0 Å². The first kappa shape index (κ1) is 21.2. The highest BCUT2D eigenvalue weighted by atomic mass is 16.5. The number of aliphatic hydroxyl groups excluding tert-OH is 1. The minimum Gasteiger partial charge on any atom is -0.458 e. The average molecular weight is 425 g/mol. The number of esters is 1. The number of Topliss-reactive ketones (excluding diaryl/α,β-unsaturated/α-hetero) is 1. The second-order valence-corrected chi connectivity index (χ2v) is 11.8. The number of rotatable bonds is 3. The lowest BCUT2D eigenvalue weighted by Gasteiger charge is -2.67. The van der Waals surface area contributed by atoms with Crippen LogP contribution in [0.25, 0.3) is 0 Å². The van der Waals surface area contributed by atoms with Gasteiger partial charge in [0.2, 0.25) is 0 Å². The topological polar surface area (TPSA) is 63.6 Å². The molecule has 7 atom stereocenters. The average Bonchev–Trinajstić information content (AvgIpc) is 3.08. The molecule has 5 rings (SSSR count). The molecule has 168 valence electrons. The molecular formula is C27H36O4. The summed E-state index contributed by atoms with van der Waals surface area (Å²) in [7, 11) is 0. The molecule has 1 N–H and O–H groups in total. The van der Waals surface area contributed by atoms with Crippen LogP contribution in [-0.2, 0) is 9.53 Å². The molecule has 4 aliphatic carbocycles. The highest BCUT2D eigenvalue weighted by molar-refractivity contribution is 5.89. The van der Waals surface area contributed by atoms with Crippen LogP contribution in [-0.4, -0.2) is 29.6 Å². The molecule has 0 aliphatic heterocycles. The van der Waals surface area contributed by atoms with E-state index in [0.717, 1.165) is 44.9 Å². The summed E-state index contributed by atoms with van der Waals surface area (Å²) in [6.45, 7) is 6.89. The zero-order chi connectivity index (χ0) is 22.1. The Hall–Kier alpha value is -1.68. The van der Waals surface area contributed by atoms with Gasteiger partial charge < -0.3 is 9.84 Å². The smallest absolute Gasteiger partial charge is 0.338 e. The Morgan fingerprint density at radius 1 is 1.10 bits per heavy atom. The molecule has 0 amide bonds. The number of hydrogen-bond acceptors (Lipinski definition) is 4. The van der Waals surface area contributed by atoms with Gasteiger partial charge in [-0.1, -0.05) is 45.4 Å². The molecule has 0 saturated heterocycles. The van der Waals surface area contributed by atoms with E-state index < -0.39 is 0 Å². The van der Waals surface area contributed by atoms with Gasteiger partial charge in [0.05, 0.1) is 5.56 Å². The van der Waals surface area contributed by atoms with Gasteiger partial charge in [0.1, 0.15) is 11.9 Å². The van der Waals surface area contributed by atoms with Crippen molar-refractivity contribution in [2.75, 3.05) is 6.61 Å². The lowest BCUT2D eigenvalue weighted by atomic mass is 9.37. The zero-order valence-corrected chi connectivity index (χ0v) is 19.2. The van der Waals surface area contributed by atoms with E-state index >= 15 is 0 Å². The Balaban J connectivity index is 1.57. The highest BCUT2D eigenvalue weighted by Gasteiger charge is 2.72. The molecule has 1 spiro atoms. The minimum atomic E-state index is -0.284. The van der Waals surface area contributed by atoms with Gasteiger partial charge >= 0.3 is 5.97 Å². The number of fused-ring (bicyclic) bond motifs is 2. The minimum absolute atomic E-state index is 0.0360. The molecule has 0 heterocycles. The van der Waals surface area contributed by atoms with Crippen molar-refractivity contribution < 1.29 is 19.4 Å². The van der Waals surface area contributed by atoms with Gasteiger partial charge in [0.25, 0.3) is 0 Å². The molecule has 4 saturated carbocycles. The largest absolute Gasteiger partial charge is 0.458 e. The molecule has 1 aromatic rings. The highest BCUT2D eigenvalue weighted by Crippen LogP contribution is 2.75. The maximum Gasteiger partial charge on any atom is 0.338 e. The van der Waals surface area contributed by atoms with Gasteiger partial charge in [-0.25, -0.2) is 4.79 Å². The summed E-state index contributed by atoms with van der Waals surface area (Å²) in [5.41, 5.74) is 0.192. The van der Waals surface area contributed by atoms with Crippen LogP contribution in [0.1, 0.15) is 82.5 Å². The fourth-order valence-electron chi connectivity index (χ4n) is 8.73. The van der Waals surface area contributed by atoms with E-state index in [9.17, 15) is 14.7 Å². The second kappa shape index (κ2) is 6.91. The number of carbonyl (C=O) groups excluding carboxylic acids is 2. The van der Waals surface area contributed by atoms with Gasteiger partial charge in [0, 0.05) is 24.4 Å². The first-order valence-corrected chi connectivity index (χ1v) is 12.1. The van der Waals surface area contributed by atoms with Crippen molar-refractivity contribution in [3.05, 3.63) is 35.9 Å². The van der Waals surface area contributed by atoms with Crippen LogP contribution in [0.3, 0.4) is 0 Å². The van der Waals surface area contributed by atoms with Gasteiger partial charge in [-0.2, -0.15) is 0 Å². The molecule has 1 aromatic carbocycles. The number of carbonyl (C=O) groups is 2. The maximum absolute atomic E-state index is 13.1. The molecule has 4 nitrogen and oxygen atoms in total. The van der Waals surface area contributed by atoms with E-state index in [0.29, 0.717) is 17.8 Å². The molecule has 2 bridgehead atoms. The number of aliphatic hydroxyl groups is 1. The Labute approximate surface area is 185 Å². The lowest BCUT2D eigenvalue weighted by Crippen LogP contribution is -2.65. The fraction of sp³-hybridized carbons (Fsp3) is 0.704. The van der Waals surface area contributed by atoms with E-state index in [1.165, 1.54) is 0 Å². The summed E-state index contributed by atoms with van der Waals surface area (Å²) in [5.74, 6) is 0.499. The summed E-state index contributed by atoms with van der Waals surface area (Å²) < 4.78 is 6.26. The number of ether oxygens (including phenoxy) is 1. The fourth-order valence-corrected chi connectivity index (χ4v) is 8.73. The quantitative estimate of drug-likeness (QED) is 0.679. The molecule has 31 heavy (non-hydrogen) atoms. The molecule has 4 fully saturated rings. The third-order valence-corrected chi connectivity index (χ3v) is 10.3. The SMILES string of the molecule is C[C@@]12CC[C@@]3(C1)[C@H](CC2=O)C[C@H](OC(=O)c1ccccc1)[C@H]1[C@](C)(CO)CCC[C@@]13C. The van der Waals surface area contributed by atoms with Crippen molar-refractivity contribution in [2.24, 2.45) is 33.5 Å². The summed E-state index contributed by atoms with van der Waals surface area (Å²) in [6, 6.07) is 9.20. The van der Waals surface area contributed by atoms with Gasteiger partial charge in [-0.05, 0) is 72.8 Å². The van der Waals surface area contributed by atoms with Crippen molar-refractivity contribution in [3.8, 4) is 0 Å². The predicted octanol–water partition coefficient (Wildman–Crippen LogP) is 5.19. The number of hydrogen-bond donors (Lipinski definition) is 1.